The van der Waals surface area contributed by atoms with E-state index < -0.39 is 6.09 Å². The van der Waals surface area contributed by atoms with Gasteiger partial charge in [-0.2, -0.15) is 0 Å². The molecule has 0 unspecified atom stereocenters. The molecule has 0 aromatic carbocycles. The van der Waals surface area contributed by atoms with Crippen molar-refractivity contribution in [2.45, 2.75) is 71.1 Å². The first-order chi connectivity index (χ1) is 9.22. The first-order valence-corrected chi connectivity index (χ1v) is 8.27. The van der Waals surface area contributed by atoms with Crippen molar-refractivity contribution in [3.05, 3.63) is 0 Å². The lowest BCUT2D eigenvalue weighted by atomic mass is 10.1. The van der Waals surface area contributed by atoms with Crippen LogP contribution in [0.4, 0.5) is 4.79 Å². The SMILES string of the molecule is CCCCCCCCCCCCN(CCCl)C(=O)[O-]. The van der Waals surface area contributed by atoms with Gasteiger partial charge < -0.3 is 14.8 Å². The third-order valence-corrected chi connectivity index (χ3v) is 3.56. The predicted octanol–water partition coefficient (Wildman–Crippen LogP) is 3.79. The monoisotopic (exact) mass is 290 g/mol. The van der Waals surface area contributed by atoms with Gasteiger partial charge >= 0.3 is 0 Å². The molecule has 1 amide bonds. The summed E-state index contributed by atoms with van der Waals surface area (Å²) in [6.07, 6.45) is 11.4. The Morgan fingerprint density at radius 2 is 1.37 bits per heavy atom. The highest BCUT2D eigenvalue weighted by molar-refractivity contribution is 6.18. The molecule has 0 atom stereocenters. The molecule has 19 heavy (non-hydrogen) atoms. The Kier molecular flexibility index (Phi) is 13.7. The molecule has 0 aliphatic carbocycles. The zero-order chi connectivity index (χ0) is 14.3. The number of unbranched alkanes of at least 4 members (excludes halogenated alkanes) is 9. The minimum atomic E-state index is -1.10. The lowest BCUT2D eigenvalue weighted by Gasteiger charge is -2.23. The van der Waals surface area contributed by atoms with Crippen LogP contribution < -0.4 is 5.11 Å². The lowest BCUT2D eigenvalue weighted by molar-refractivity contribution is -0.265. The fourth-order valence-electron chi connectivity index (χ4n) is 2.19. The van der Waals surface area contributed by atoms with Crippen LogP contribution in [0, 0.1) is 0 Å². The van der Waals surface area contributed by atoms with E-state index in [1.54, 1.807) is 0 Å². The average molecular weight is 291 g/mol. The molecule has 0 aromatic rings. The van der Waals surface area contributed by atoms with Gasteiger partial charge in [0.25, 0.3) is 0 Å². The van der Waals surface area contributed by atoms with Crippen molar-refractivity contribution in [2.75, 3.05) is 19.0 Å². The van der Waals surface area contributed by atoms with E-state index in [4.69, 9.17) is 11.6 Å². The number of carboxylic acid groups (broad SMARTS) is 1. The van der Waals surface area contributed by atoms with E-state index in [0.717, 1.165) is 12.8 Å². The summed E-state index contributed by atoms with van der Waals surface area (Å²) in [4.78, 5) is 12.0. The van der Waals surface area contributed by atoms with Crippen LogP contribution in [0.3, 0.4) is 0 Å². The summed E-state index contributed by atoms with van der Waals surface area (Å²) >= 11 is 5.54. The molecule has 4 heteroatoms. The maximum absolute atomic E-state index is 10.7. The van der Waals surface area contributed by atoms with Crippen LogP contribution in [0.1, 0.15) is 71.1 Å². The summed E-state index contributed by atoms with van der Waals surface area (Å²) in [5.41, 5.74) is 0. The topological polar surface area (TPSA) is 43.4 Å². The van der Waals surface area contributed by atoms with Crippen molar-refractivity contribution >= 4 is 17.7 Å². The summed E-state index contributed by atoms with van der Waals surface area (Å²) in [5, 5.41) is 10.7. The molecule has 0 aromatic heterocycles. The molecule has 0 bridgehead atoms. The fourth-order valence-corrected chi connectivity index (χ4v) is 2.39. The van der Waals surface area contributed by atoms with Crippen molar-refractivity contribution in [1.82, 2.24) is 4.90 Å². The molecule has 0 spiro atoms. The molecule has 114 valence electrons. The number of hydrogen-bond donors (Lipinski definition) is 0. The predicted molar refractivity (Wildman–Crippen MR) is 79.5 cm³/mol. The van der Waals surface area contributed by atoms with Gasteiger partial charge in [0, 0.05) is 19.0 Å². The standard InChI is InChI=1S/C15H30ClNO2/c1-2-3-4-5-6-7-8-9-10-11-13-17(14-12-16)15(18)19/h2-14H2,1H3,(H,18,19)/p-1. The molecular weight excluding hydrogens is 262 g/mol. The summed E-state index contributed by atoms with van der Waals surface area (Å²) in [5.74, 6) is 0.339. The highest BCUT2D eigenvalue weighted by Gasteiger charge is 2.02. The summed E-state index contributed by atoms with van der Waals surface area (Å²) < 4.78 is 0. The second-order valence-electron chi connectivity index (χ2n) is 5.12. The fraction of sp³-hybridized carbons (Fsp3) is 0.933. The Hall–Kier alpha value is -0.440. The van der Waals surface area contributed by atoms with Crippen molar-refractivity contribution in [3.8, 4) is 0 Å². The molecule has 0 aliphatic rings. The summed E-state index contributed by atoms with van der Waals surface area (Å²) in [7, 11) is 0. The third-order valence-electron chi connectivity index (χ3n) is 3.39. The van der Waals surface area contributed by atoms with Gasteiger partial charge in [-0.05, 0) is 6.42 Å². The first-order valence-electron chi connectivity index (χ1n) is 7.74. The van der Waals surface area contributed by atoms with Crippen LogP contribution >= 0.6 is 11.6 Å². The second-order valence-corrected chi connectivity index (χ2v) is 5.50. The maximum Gasteiger partial charge on any atom is 0.136 e. The molecule has 0 saturated carbocycles. The number of alkyl halides is 1. The van der Waals surface area contributed by atoms with Gasteiger partial charge in [-0.25, -0.2) is 0 Å². The molecule has 0 aliphatic heterocycles. The Labute approximate surface area is 123 Å². The molecule has 0 heterocycles. The second kappa shape index (κ2) is 14.0. The number of hydrogen-bond acceptors (Lipinski definition) is 2. The van der Waals surface area contributed by atoms with E-state index in [1.165, 1.54) is 56.3 Å². The van der Waals surface area contributed by atoms with Gasteiger partial charge in [-0.1, -0.05) is 64.7 Å². The van der Waals surface area contributed by atoms with E-state index >= 15 is 0 Å². The number of amides is 1. The van der Waals surface area contributed by atoms with Gasteiger partial charge in [0.15, 0.2) is 0 Å². The normalized spacial score (nSPS) is 10.6. The maximum atomic E-state index is 10.7. The van der Waals surface area contributed by atoms with Gasteiger partial charge in [0.1, 0.15) is 6.09 Å². The van der Waals surface area contributed by atoms with Crippen molar-refractivity contribution in [3.63, 3.8) is 0 Å². The van der Waals surface area contributed by atoms with E-state index in [2.05, 4.69) is 6.92 Å². The average Bonchev–Trinajstić information content (AvgIpc) is 2.39. The number of rotatable bonds is 13. The quantitative estimate of drug-likeness (QED) is 0.382. The van der Waals surface area contributed by atoms with Crippen LogP contribution in [0.2, 0.25) is 0 Å². The van der Waals surface area contributed by atoms with Crippen LogP contribution in [0.5, 0.6) is 0 Å². The van der Waals surface area contributed by atoms with Gasteiger partial charge in [0.05, 0.1) is 0 Å². The number of carbonyl (C=O) groups is 1. The van der Waals surface area contributed by atoms with E-state index in [9.17, 15) is 9.90 Å². The first kappa shape index (κ1) is 18.6. The van der Waals surface area contributed by atoms with Crippen LogP contribution in [-0.4, -0.2) is 30.0 Å². The van der Waals surface area contributed by atoms with E-state index in [0.29, 0.717) is 19.0 Å². The molecule has 0 rings (SSSR count). The smallest absolute Gasteiger partial charge is 0.136 e. The largest absolute Gasteiger partial charge is 0.530 e. The van der Waals surface area contributed by atoms with Crippen molar-refractivity contribution in [2.24, 2.45) is 0 Å². The number of nitrogens with zero attached hydrogens (tertiary/aromatic N) is 1. The van der Waals surface area contributed by atoms with Crippen molar-refractivity contribution in [1.29, 1.82) is 0 Å². The molecule has 0 radical (unpaired) electrons. The van der Waals surface area contributed by atoms with E-state index in [1.807, 2.05) is 0 Å². The molecule has 0 fully saturated rings. The highest BCUT2D eigenvalue weighted by Crippen LogP contribution is 2.10. The Balaban J connectivity index is 3.27. The molecule has 0 N–H and O–H groups in total. The van der Waals surface area contributed by atoms with Gasteiger partial charge in [-0.15, -0.1) is 11.6 Å². The van der Waals surface area contributed by atoms with Crippen LogP contribution in [-0.2, 0) is 0 Å². The zero-order valence-electron chi connectivity index (χ0n) is 12.3. The Morgan fingerprint density at radius 1 is 0.895 bits per heavy atom. The minimum Gasteiger partial charge on any atom is -0.530 e. The van der Waals surface area contributed by atoms with E-state index in [-0.39, 0.29) is 0 Å². The summed E-state index contributed by atoms with van der Waals surface area (Å²) in [6, 6.07) is 0. The number of carbonyl (C=O) groups excluding carboxylic acids is 1. The van der Waals surface area contributed by atoms with Crippen LogP contribution in [0.25, 0.3) is 0 Å². The third kappa shape index (κ3) is 12.3. The molecule has 3 nitrogen and oxygen atoms in total. The van der Waals surface area contributed by atoms with Gasteiger partial charge in [-0.3, -0.25) is 0 Å². The minimum absolute atomic E-state index is 0.339. The summed E-state index contributed by atoms with van der Waals surface area (Å²) in [6.45, 7) is 3.17. The lowest BCUT2D eigenvalue weighted by Crippen LogP contribution is -2.42. The van der Waals surface area contributed by atoms with Gasteiger partial charge in [0.2, 0.25) is 0 Å². The number of halogens is 1. The Bertz CT molecular complexity index is 212. The molecule has 0 saturated heterocycles. The highest BCUT2D eigenvalue weighted by atomic mass is 35.5. The van der Waals surface area contributed by atoms with Crippen LogP contribution in [0.15, 0.2) is 0 Å². The Morgan fingerprint density at radius 3 is 1.79 bits per heavy atom. The zero-order valence-corrected chi connectivity index (χ0v) is 13.1. The van der Waals surface area contributed by atoms with Crippen molar-refractivity contribution < 1.29 is 9.90 Å². The molecular formula is C15H29ClNO2-.